The highest BCUT2D eigenvalue weighted by Gasteiger charge is 2.25. The molecule has 0 saturated carbocycles. The molecular formula is C53H51N. The summed E-state index contributed by atoms with van der Waals surface area (Å²) in [5.41, 5.74) is 14.2. The molecule has 0 N–H and O–H groups in total. The maximum Gasteiger partial charge on any atom is 0.0541 e. The van der Waals surface area contributed by atoms with Gasteiger partial charge < -0.3 is 4.57 Å². The molecule has 1 nitrogen and oxygen atoms in total. The molecule has 1 heteroatoms. The van der Waals surface area contributed by atoms with E-state index in [1.807, 2.05) is 0 Å². The Balaban J connectivity index is 0.923. The van der Waals surface area contributed by atoms with Crippen LogP contribution in [0.15, 0.2) is 181 Å². The summed E-state index contributed by atoms with van der Waals surface area (Å²) in [4.78, 5) is 0. The van der Waals surface area contributed by atoms with Gasteiger partial charge in [0.05, 0.1) is 11.0 Å². The third-order valence-corrected chi connectivity index (χ3v) is 12.5. The van der Waals surface area contributed by atoms with Gasteiger partial charge in [-0.1, -0.05) is 153 Å². The normalized spacial score (nSPS) is 20.3. The number of hydrogen-bond acceptors (Lipinski definition) is 0. The number of fused-ring (bicyclic) bond motifs is 3. The third-order valence-electron chi connectivity index (χ3n) is 12.5. The first-order valence-corrected chi connectivity index (χ1v) is 20.3. The Morgan fingerprint density at radius 3 is 1.87 bits per heavy atom. The molecule has 54 heavy (non-hydrogen) atoms. The summed E-state index contributed by atoms with van der Waals surface area (Å²) in [6.07, 6.45) is 14.6. The van der Waals surface area contributed by atoms with E-state index in [-0.39, 0.29) is 0 Å². The summed E-state index contributed by atoms with van der Waals surface area (Å²) in [5.74, 6) is 2.20. The predicted octanol–water partition coefficient (Wildman–Crippen LogP) is 14.3. The maximum atomic E-state index is 2.61. The highest BCUT2D eigenvalue weighted by atomic mass is 15.0. The van der Waals surface area contributed by atoms with Crippen LogP contribution in [0, 0.1) is 5.92 Å². The lowest BCUT2D eigenvalue weighted by Gasteiger charge is -2.29. The minimum Gasteiger partial charge on any atom is -0.309 e. The van der Waals surface area contributed by atoms with Crippen LogP contribution in [0.2, 0.25) is 0 Å². The molecule has 0 aliphatic heterocycles. The van der Waals surface area contributed by atoms with E-state index in [9.17, 15) is 0 Å². The number of hydrogen-bond donors (Lipinski definition) is 0. The molecule has 3 unspecified atom stereocenters. The zero-order valence-corrected chi connectivity index (χ0v) is 31.6. The third kappa shape index (κ3) is 7.13. The number of para-hydroxylation sites is 2. The highest BCUT2D eigenvalue weighted by Crippen LogP contribution is 2.42. The van der Waals surface area contributed by atoms with Crippen molar-refractivity contribution in [3.63, 3.8) is 0 Å². The first kappa shape index (κ1) is 34.4. The lowest BCUT2D eigenvalue weighted by Crippen LogP contribution is -2.12. The SMILES string of the molecule is CC1CC/C=C(/C2=CCC(c3cccc(CC(c4ccccc4)c4ccccc4)c3)CC2)CC(c2ccc(-n3c4ccccc4c4ccccc43)cc2)C1. The van der Waals surface area contributed by atoms with Crippen molar-refractivity contribution < 1.29 is 0 Å². The molecule has 3 atom stereocenters. The summed E-state index contributed by atoms with van der Waals surface area (Å²) in [6.45, 7) is 2.46. The van der Waals surface area contributed by atoms with Crippen molar-refractivity contribution >= 4 is 21.8 Å². The van der Waals surface area contributed by atoms with E-state index in [0.29, 0.717) is 17.8 Å². The minimum atomic E-state index is 0.354. The van der Waals surface area contributed by atoms with Gasteiger partial charge in [-0.15, -0.1) is 0 Å². The van der Waals surface area contributed by atoms with Crippen molar-refractivity contribution in [2.24, 2.45) is 5.92 Å². The summed E-state index contributed by atoms with van der Waals surface area (Å²) in [6, 6.07) is 58.8. The number of aromatic nitrogens is 1. The van der Waals surface area contributed by atoms with Crippen LogP contribution in [0.4, 0.5) is 0 Å². The molecule has 0 radical (unpaired) electrons. The lowest BCUT2D eigenvalue weighted by atomic mass is 9.76. The zero-order chi connectivity index (χ0) is 36.3. The van der Waals surface area contributed by atoms with Crippen LogP contribution in [-0.4, -0.2) is 4.57 Å². The molecule has 268 valence electrons. The fraction of sp³-hybridized carbons (Fsp3) is 0.245. The lowest BCUT2D eigenvalue weighted by molar-refractivity contribution is 0.429. The topological polar surface area (TPSA) is 4.93 Å². The molecule has 2 aliphatic rings. The van der Waals surface area contributed by atoms with Gasteiger partial charge in [-0.25, -0.2) is 0 Å². The van der Waals surface area contributed by atoms with Gasteiger partial charge in [-0.2, -0.15) is 0 Å². The van der Waals surface area contributed by atoms with Gasteiger partial charge in [-0.05, 0) is 132 Å². The van der Waals surface area contributed by atoms with E-state index in [0.717, 1.165) is 25.2 Å². The van der Waals surface area contributed by atoms with Crippen LogP contribution < -0.4 is 0 Å². The maximum absolute atomic E-state index is 2.61. The molecule has 2 aliphatic carbocycles. The molecule has 7 aromatic rings. The zero-order valence-electron chi connectivity index (χ0n) is 31.6. The quantitative estimate of drug-likeness (QED) is 0.149. The molecule has 0 bridgehead atoms. The monoisotopic (exact) mass is 701 g/mol. The molecule has 0 amide bonds. The van der Waals surface area contributed by atoms with E-state index in [1.54, 1.807) is 11.1 Å². The summed E-state index contributed by atoms with van der Waals surface area (Å²) < 4.78 is 2.43. The average Bonchev–Trinajstić information content (AvgIpc) is 3.56. The number of benzene rings is 6. The van der Waals surface area contributed by atoms with Crippen molar-refractivity contribution in [1.82, 2.24) is 4.57 Å². The molecular weight excluding hydrogens is 651 g/mol. The molecule has 1 aromatic heterocycles. The minimum absolute atomic E-state index is 0.354. The smallest absolute Gasteiger partial charge is 0.0541 e. The van der Waals surface area contributed by atoms with Crippen LogP contribution in [0.3, 0.4) is 0 Å². The Morgan fingerprint density at radius 2 is 1.22 bits per heavy atom. The van der Waals surface area contributed by atoms with E-state index in [2.05, 4.69) is 181 Å². The Kier molecular flexibility index (Phi) is 9.88. The van der Waals surface area contributed by atoms with E-state index in [4.69, 9.17) is 0 Å². The Morgan fingerprint density at radius 1 is 0.574 bits per heavy atom. The van der Waals surface area contributed by atoms with Crippen molar-refractivity contribution in [3.05, 3.63) is 209 Å². The predicted molar refractivity (Wildman–Crippen MR) is 229 cm³/mol. The molecule has 9 rings (SSSR count). The van der Waals surface area contributed by atoms with E-state index >= 15 is 0 Å². The second kappa shape index (κ2) is 15.5. The summed E-state index contributed by atoms with van der Waals surface area (Å²) in [7, 11) is 0. The number of rotatable bonds is 8. The number of nitrogens with zero attached hydrogens (tertiary/aromatic N) is 1. The first-order chi connectivity index (χ1) is 26.7. The fourth-order valence-corrected chi connectivity index (χ4v) is 9.63. The Labute approximate surface area is 321 Å². The Hall–Kier alpha value is -5.40. The van der Waals surface area contributed by atoms with Gasteiger partial charge in [0.1, 0.15) is 0 Å². The van der Waals surface area contributed by atoms with Crippen LogP contribution in [0.5, 0.6) is 0 Å². The highest BCUT2D eigenvalue weighted by molar-refractivity contribution is 6.09. The standard InChI is InChI=1S/C53H51N/c1-38-14-12-20-46(37-47(34-38)42-30-32-48(33-31-42)54-52-24-10-8-22-49(52)50-23-9-11-25-53(50)54)41-28-26-40(27-29-41)45-21-13-15-39(35-45)36-51(43-16-4-2-5-17-43)44-18-6-3-7-19-44/h2-11,13,15-25,28,30-33,35,38,40,47,51H,12,14,26-27,29,34,36-37H2,1H3/b46-20+. The fourth-order valence-electron chi connectivity index (χ4n) is 9.63. The van der Waals surface area contributed by atoms with Crippen LogP contribution in [-0.2, 0) is 6.42 Å². The molecule has 0 fully saturated rings. The summed E-state index contributed by atoms with van der Waals surface area (Å²) >= 11 is 0. The largest absolute Gasteiger partial charge is 0.309 e. The second-order valence-electron chi connectivity index (χ2n) is 16.0. The van der Waals surface area contributed by atoms with Gasteiger partial charge in [0.25, 0.3) is 0 Å². The molecule has 6 aromatic carbocycles. The van der Waals surface area contributed by atoms with Crippen molar-refractivity contribution in [3.8, 4) is 5.69 Å². The average molecular weight is 702 g/mol. The van der Waals surface area contributed by atoms with Gasteiger partial charge in [0.2, 0.25) is 0 Å². The van der Waals surface area contributed by atoms with Gasteiger partial charge in [0.15, 0.2) is 0 Å². The van der Waals surface area contributed by atoms with E-state index < -0.39 is 0 Å². The van der Waals surface area contributed by atoms with Crippen molar-refractivity contribution in [1.29, 1.82) is 0 Å². The van der Waals surface area contributed by atoms with Crippen molar-refractivity contribution in [2.75, 3.05) is 0 Å². The molecule has 1 heterocycles. The summed E-state index contributed by atoms with van der Waals surface area (Å²) in [5, 5.41) is 2.63. The molecule has 0 spiro atoms. The van der Waals surface area contributed by atoms with E-state index in [1.165, 1.54) is 87.4 Å². The van der Waals surface area contributed by atoms with Gasteiger partial charge in [-0.3, -0.25) is 0 Å². The van der Waals surface area contributed by atoms with Gasteiger partial charge >= 0.3 is 0 Å². The van der Waals surface area contributed by atoms with Gasteiger partial charge in [0, 0.05) is 22.4 Å². The first-order valence-electron chi connectivity index (χ1n) is 20.3. The number of allylic oxidation sites excluding steroid dienone is 4. The van der Waals surface area contributed by atoms with Crippen LogP contribution >= 0.6 is 0 Å². The van der Waals surface area contributed by atoms with Crippen LogP contribution in [0.25, 0.3) is 27.5 Å². The van der Waals surface area contributed by atoms with Crippen LogP contribution in [0.1, 0.15) is 97.4 Å². The van der Waals surface area contributed by atoms with Crippen molar-refractivity contribution in [2.45, 2.75) is 76.0 Å². The molecule has 0 saturated heterocycles. The second-order valence-corrected chi connectivity index (χ2v) is 16.0. The Bertz CT molecular complexity index is 2320.